The second-order valence-electron chi connectivity index (χ2n) is 6.67. The van der Waals surface area contributed by atoms with E-state index >= 15 is 0 Å². The van der Waals surface area contributed by atoms with E-state index in [2.05, 4.69) is 0 Å². The number of hydrogen-bond donors (Lipinski definition) is 0. The fourth-order valence-corrected chi connectivity index (χ4v) is 4.92. The molecule has 23 heavy (non-hydrogen) atoms. The molecule has 2 saturated heterocycles. The summed E-state index contributed by atoms with van der Waals surface area (Å²) in [5, 5.41) is 1.14. The smallest absolute Gasteiger partial charge is 0.222 e. The Morgan fingerprint density at radius 3 is 2.65 bits per heavy atom. The van der Waals surface area contributed by atoms with Crippen molar-refractivity contribution in [2.24, 2.45) is 0 Å². The van der Waals surface area contributed by atoms with Gasteiger partial charge in [-0.2, -0.15) is 0 Å². The van der Waals surface area contributed by atoms with Gasteiger partial charge in [-0.25, -0.2) is 4.98 Å². The van der Waals surface area contributed by atoms with Gasteiger partial charge in [-0.15, -0.1) is 11.3 Å². The largest absolute Gasteiger partial charge is 0.347 e. The quantitative estimate of drug-likeness (QED) is 0.850. The predicted octanol–water partition coefficient (Wildman–Crippen LogP) is 2.32. The monoisotopic (exact) mass is 336 g/mol. The Balaban J connectivity index is 1.28. The maximum absolute atomic E-state index is 12.4. The normalized spacial score (nSPS) is 23.2. The fraction of sp³-hybridized carbons (Fsp3) is 0.765. The highest BCUT2D eigenvalue weighted by Crippen LogP contribution is 2.32. The highest BCUT2D eigenvalue weighted by atomic mass is 32.1. The van der Waals surface area contributed by atoms with Gasteiger partial charge < -0.3 is 14.4 Å². The predicted molar refractivity (Wildman–Crippen MR) is 87.5 cm³/mol. The first-order chi connectivity index (χ1) is 11.2. The lowest BCUT2D eigenvalue weighted by Gasteiger charge is -2.37. The molecule has 4 rings (SSSR count). The number of likely N-dealkylation sites (tertiary alicyclic amines) is 1. The summed E-state index contributed by atoms with van der Waals surface area (Å²) in [5.74, 6) is -0.156. The van der Waals surface area contributed by atoms with Crippen LogP contribution in [0.25, 0.3) is 0 Å². The zero-order valence-electron chi connectivity index (χ0n) is 13.5. The molecule has 5 nitrogen and oxygen atoms in total. The standard InChI is InChI=1S/C17H24N2O3S/c20-16(19-9-7-17(8-10-19)21-11-12-22-17)6-5-15-18-13-3-1-2-4-14(13)23-15/h1-12H2. The molecule has 1 aliphatic carbocycles. The van der Waals surface area contributed by atoms with Gasteiger partial charge in [0.2, 0.25) is 5.91 Å². The Hall–Kier alpha value is -0.980. The number of aryl methyl sites for hydroxylation is 3. The lowest BCUT2D eigenvalue weighted by Crippen LogP contribution is -2.47. The minimum Gasteiger partial charge on any atom is -0.347 e. The number of rotatable bonds is 3. The van der Waals surface area contributed by atoms with E-state index in [4.69, 9.17) is 14.5 Å². The molecule has 3 aliphatic rings. The summed E-state index contributed by atoms with van der Waals surface area (Å²) < 4.78 is 11.4. The molecule has 0 bridgehead atoms. The van der Waals surface area contributed by atoms with Gasteiger partial charge in [-0.1, -0.05) is 0 Å². The van der Waals surface area contributed by atoms with Crippen molar-refractivity contribution < 1.29 is 14.3 Å². The van der Waals surface area contributed by atoms with E-state index < -0.39 is 5.79 Å². The van der Waals surface area contributed by atoms with Crippen LogP contribution < -0.4 is 0 Å². The van der Waals surface area contributed by atoms with E-state index in [1.807, 2.05) is 16.2 Å². The lowest BCUT2D eigenvalue weighted by molar-refractivity contribution is -0.187. The molecule has 2 fully saturated rings. The summed E-state index contributed by atoms with van der Waals surface area (Å²) in [6.45, 7) is 2.85. The van der Waals surface area contributed by atoms with Crippen LogP contribution in [0.2, 0.25) is 0 Å². The topological polar surface area (TPSA) is 51.7 Å². The Labute approximate surface area is 141 Å². The molecule has 0 unspecified atom stereocenters. The molecule has 6 heteroatoms. The Kier molecular flexibility index (Phi) is 4.39. The summed E-state index contributed by atoms with van der Waals surface area (Å²) >= 11 is 1.82. The van der Waals surface area contributed by atoms with Crippen LogP contribution in [0.4, 0.5) is 0 Å². The molecule has 0 aromatic carbocycles. The van der Waals surface area contributed by atoms with Gasteiger partial charge in [0.05, 0.1) is 23.9 Å². The lowest BCUT2D eigenvalue weighted by atomic mass is 10.0. The number of carbonyl (C=O) groups excluding carboxylic acids is 1. The van der Waals surface area contributed by atoms with Crippen LogP contribution in [0.3, 0.4) is 0 Å². The molecular formula is C17H24N2O3S. The van der Waals surface area contributed by atoms with Crippen molar-refractivity contribution in [1.29, 1.82) is 0 Å². The van der Waals surface area contributed by atoms with Crippen LogP contribution in [-0.2, 0) is 33.5 Å². The maximum atomic E-state index is 12.4. The molecule has 1 aromatic rings. The molecule has 0 N–H and O–H groups in total. The number of aromatic nitrogens is 1. The SMILES string of the molecule is O=C(CCc1nc2c(s1)CCCC2)N1CCC2(CC1)OCCO2. The summed E-state index contributed by atoms with van der Waals surface area (Å²) in [6.07, 6.45) is 7.78. The van der Waals surface area contributed by atoms with E-state index in [0.29, 0.717) is 19.6 Å². The minimum absolute atomic E-state index is 0.242. The van der Waals surface area contributed by atoms with Gasteiger partial charge in [-0.3, -0.25) is 4.79 Å². The number of amides is 1. The molecule has 126 valence electrons. The number of carbonyl (C=O) groups is 1. The average Bonchev–Trinajstić information content (AvgIpc) is 3.20. The van der Waals surface area contributed by atoms with E-state index in [9.17, 15) is 4.79 Å². The van der Waals surface area contributed by atoms with E-state index in [1.165, 1.54) is 29.8 Å². The van der Waals surface area contributed by atoms with Crippen LogP contribution in [0.1, 0.15) is 47.7 Å². The van der Waals surface area contributed by atoms with Crippen molar-refractivity contribution in [3.63, 3.8) is 0 Å². The summed E-state index contributed by atoms with van der Waals surface area (Å²) in [4.78, 5) is 20.6. The summed E-state index contributed by atoms with van der Waals surface area (Å²) in [5.41, 5.74) is 1.29. The van der Waals surface area contributed by atoms with Gasteiger partial charge in [0.15, 0.2) is 5.79 Å². The summed E-state index contributed by atoms with van der Waals surface area (Å²) in [7, 11) is 0. The number of piperidine rings is 1. The van der Waals surface area contributed by atoms with Crippen molar-refractivity contribution in [3.05, 3.63) is 15.6 Å². The molecule has 0 atom stereocenters. The van der Waals surface area contributed by atoms with Crippen molar-refractivity contribution in [3.8, 4) is 0 Å². The second kappa shape index (κ2) is 6.49. The number of nitrogens with zero attached hydrogens (tertiary/aromatic N) is 2. The third-order valence-corrected chi connectivity index (χ3v) is 6.35. The number of thiazole rings is 1. The van der Waals surface area contributed by atoms with Gasteiger partial charge in [0.1, 0.15) is 0 Å². The van der Waals surface area contributed by atoms with Crippen LogP contribution in [-0.4, -0.2) is 47.9 Å². The van der Waals surface area contributed by atoms with E-state index in [1.54, 1.807) is 0 Å². The van der Waals surface area contributed by atoms with Crippen molar-refractivity contribution >= 4 is 17.2 Å². The highest BCUT2D eigenvalue weighted by molar-refractivity contribution is 7.11. The van der Waals surface area contributed by atoms with Gasteiger partial charge >= 0.3 is 0 Å². The van der Waals surface area contributed by atoms with Crippen LogP contribution >= 0.6 is 11.3 Å². The van der Waals surface area contributed by atoms with Crippen molar-refractivity contribution in [2.75, 3.05) is 26.3 Å². The fourth-order valence-electron chi connectivity index (χ4n) is 3.77. The zero-order chi connectivity index (χ0) is 15.7. The van der Waals surface area contributed by atoms with Crippen LogP contribution in [0.15, 0.2) is 0 Å². The molecule has 1 aromatic heterocycles. The minimum atomic E-state index is -0.398. The number of ether oxygens (including phenoxy) is 2. The third-order valence-electron chi connectivity index (χ3n) is 5.13. The van der Waals surface area contributed by atoms with Gasteiger partial charge in [-0.05, 0) is 25.7 Å². The molecular weight excluding hydrogens is 312 g/mol. The third kappa shape index (κ3) is 3.30. The number of hydrogen-bond acceptors (Lipinski definition) is 5. The average molecular weight is 336 g/mol. The van der Waals surface area contributed by atoms with E-state index in [0.717, 1.165) is 43.8 Å². The highest BCUT2D eigenvalue weighted by Gasteiger charge is 2.40. The molecule has 1 spiro atoms. The first kappa shape index (κ1) is 15.5. The van der Waals surface area contributed by atoms with Crippen LogP contribution in [0.5, 0.6) is 0 Å². The van der Waals surface area contributed by atoms with E-state index in [-0.39, 0.29) is 5.91 Å². The zero-order valence-corrected chi connectivity index (χ0v) is 14.3. The van der Waals surface area contributed by atoms with Gasteiger partial charge in [0.25, 0.3) is 0 Å². The Bertz CT molecular complexity index is 547. The molecule has 0 saturated carbocycles. The molecule has 3 heterocycles. The van der Waals surface area contributed by atoms with Crippen LogP contribution in [0, 0.1) is 0 Å². The molecule has 0 radical (unpaired) electrons. The van der Waals surface area contributed by atoms with Gasteiger partial charge in [0, 0.05) is 43.6 Å². The second-order valence-corrected chi connectivity index (χ2v) is 7.84. The molecule has 1 amide bonds. The first-order valence-corrected chi connectivity index (χ1v) is 9.59. The van der Waals surface area contributed by atoms with Crippen molar-refractivity contribution in [2.45, 2.75) is 57.2 Å². The number of fused-ring (bicyclic) bond motifs is 1. The summed E-state index contributed by atoms with van der Waals surface area (Å²) in [6, 6.07) is 0. The molecule has 2 aliphatic heterocycles. The van der Waals surface area contributed by atoms with Crippen molar-refractivity contribution in [1.82, 2.24) is 9.88 Å². The first-order valence-electron chi connectivity index (χ1n) is 8.77. The maximum Gasteiger partial charge on any atom is 0.222 e. The Morgan fingerprint density at radius 2 is 1.91 bits per heavy atom. The Morgan fingerprint density at radius 1 is 1.17 bits per heavy atom.